The molecule has 1 aromatic carbocycles. The number of aromatic nitrogens is 3. The smallest absolute Gasteiger partial charge is 0.326 e. The summed E-state index contributed by atoms with van der Waals surface area (Å²) in [5, 5.41) is 4.66. The Morgan fingerprint density at radius 1 is 1.23 bits per heavy atom. The Morgan fingerprint density at radius 3 is 2.54 bits per heavy atom. The second-order valence-corrected chi connectivity index (χ2v) is 8.24. The van der Waals surface area contributed by atoms with Crippen LogP contribution in [0.4, 0.5) is 0 Å². The summed E-state index contributed by atoms with van der Waals surface area (Å²) in [4.78, 5) is 27.9. The van der Waals surface area contributed by atoms with Gasteiger partial charge in [0.05, 0.1) is 0 Å². The molecule has 138 valence electrons. The fourth-order valence-electron chi connectivity index (χ4n) is 3.74. The molecule has 1 aliphatic heterocycles. The van der Waals surface area contributed by atoms with Crippen molar-refractivity contribution in [3.05, 3.63) is 52.2 Å². The van der Waals surface area contributed by atoms with Gasteiger partial charge in [0.1, 0.15) is 6.04 Å². The summed E-state index contributed by atoms with van der Waals surface area (Å²) >= 11 is 0. The summed E-state index contributed by atoms with van der Waals surface area (Å²) in [6.45, 7) is 7.83. The molecule has 6 nitrogen and oxygen atoms in total. The maximum atomic E-state index is 13.1. The van der Waals surface area contributed by atoms with E-state index in [1.165, 1.54) is 0 Å². The van der Waals surface area contributed by atoms with Crippen molar-refractivity contribution in [3.8, 4) is 0 Å². The summed E-state index contributed by atoms with van der Waals surface area (Å²) in [5.41, 5.74) is 0.697. The van der Waals surface area contributed by atoms with Crippen LogP contribution in [0.2, 0.25) is 0 Å². The van der Waals surface area contributed by atoms with Gasteiger partial charge in [0.2, 0.25) is 5.91 Å². The van der Waals surface area contributed by atoms with Crippen LogP contribution in [0.1, 0.15) is 51.0 Å². The third-order valence-corrected chi connectivity index (χ3v) is 5.50. The van der Waals surface area contributed by atoms with Crippen molar-refractivity contribution >= 4 is 5.91 Å². The molecule has 1 unspecified atom stereocenters. The number of amides is 1. The van der Waals surface area contributed by atoms with Crippen LogP contribution in [0.5, 0.6) is 0 Å². The molecule has 6 heteroatoms. The molecule has 2 aliphatic rings. The van der Waals surface area contributed by atoms with E-state index in [-0.39, 0.29) is 23.1 Å². The molecule has 1 atom stereocenters. The number of carbonyl (C=O) groups is 1. The quantitative estimate of drug-likeness (QED) is 0.847. The predicted octanol–water partition coefficient (Wildman–Crippen LogP) is 2.43. The summed E-state index contributed by atoms with van der Waals surface area (Å²) in [7, 11) is 0. The molecule has 1 saturated carbocycles. The number of hydrogen-bond acceptors (Lipinski definition) is 3. The summed E-state index contributed by atoms with van der Waals surface area (Å²) in [5.74, 6) is 1.21. The molecule has 0 spiro atoms. The number of benzene rings is 1. The molecule has 4 rings (SSSR count). The minimum absolute atomic E-state index is 0.0700. The highest BCUT2D eigenvalue weighted by Crippen LogP contribution is 2.48. The highest BCUT2D eigenvalue weighted by Gasteiger charge is 2.50. The lowest BCUT2D eigenvalue weighted by atomic mass is 9.99. The average Bonchev–Trinajstić information content (AvgIpc) is 3.31. The highest BCUT2D eigenvalue weighted by atomic mass is 16.2. The van der Waals surface area contributed by atoms with E-state index in [2.05, 4.69) is 18.9 Å². The Bertz CT molecular complexity index is 877. The van der Waals surface area contributed by atoms with Crippen LogP contribution < -0.4 is 5.69 Å². The molecule has 0 N–H and O–H groups in total. The molecular weight excluding hydrogens is 328 g/mol. The normalized spacial score (nSPS) is 20.9. The Morgan fingerprint density at radius 2 is 1.92 bits per heavy atom. The van der Waals surface area contributed by atoms with E-state index in [4.69, 9.17) is 0 Å². The zero-order chi connectivity index (χ0) is 18.5. The van der Waals surface area contributed by atoms with Crippen LogP contribution in [0, 0.1) is 11.3 Å². The van der Waals surface area contributed by atoms with E-state index in [1.54, 1.807) is 9.25 Å². The van der Waals surface area contributed by atoms with E-state index in [9.17, 15) is 9.59 Å². The first-order valence-electron chi connectivity index (χ1n) is 9.44. The SMILES string of the molecule is CC(C)Cn1nc2n(c1=O)CCN(C(=O)C1(C)CC1)C2c1ccccc1. The molecule has 1 aromatic heterocycles. The number of hydrogen-bond donors (Lipinski definition) is 0. The molecule has 1 fully saturated rings. The molecule has 26 heavy (non-hydrogen) atoms. The second-order valence-electron chi connectivity index (χ2n) is 8.24. The Labute approximate surface area is 153 Å². The Hall–Kier alpha value is -2.37. The van der Waals surface area contributed by atoms with Gasteiger partial charge < -0.3 is 4.90 Å². The summed E-state index contributed by atoms with van der Waals surface area (Å²) < 4.78 is 3.31. The lowest BCUT2D eigenvalue weighted by Crippen LogP contribution is -2.47. The van der Waals surface area contributed by atoms with E-state index in [0.717, 1.165) is 18.4 Å². The fourth-order valence-corrected chi connectivity index (χ4v) is 3.74. The average molecular weight is 354 g/mol. The molecule has 0 saturated heterocycles. The van der Waals surface area contributed by atoms with Crippen molar-refractivity contribution in [3.63, 3.8) is 0 Å². The number of rotatable bonds is 4. The number of nitrogens with zero attached hydrogens (tertiary/aromatic N) is 4. The van der Waals surface area contributed by atoms with E-state index in [1.807, 2.05) is 42.2 Å². The van der Waals surface area contributed by atoms with Gasteiger partial charge in [0.25, 0.3) is 0 Å². The molecule has 0 bridgehead atoms. The van der Waals surface area contributed by atoms with Gasteiger partial charge in [-0.3, -0.25) is 9.36 Å². The summed E-state index contributed by atoms with van der Waals surface area (Å²) in [6.07, 6.45) is 1.89. The van der Waals surface area contributed by atoms with Crippen molar-refractivity contribution in [1.29, 1.82) is 0 Å². The minimum atomic E-state index is -0.295. The molecule has 0 radical (unpaired) electrons. The van der Waals surface area contributed by atoms with E-state index < -0.39 is 0 Å². The van der Waals surface area contributed by atoms with Gasteiger partial charge >= 0.3 is 5.69 Å². The van der Waals surface area contributed by atoms with Crippen LogP contribution in [-0.2, 0) is 17.9 Å². The molecule has 1 aliphatic carbocycles. The lowest BCUT2D eigenvalue weighted by molar-refractivity contribution is -0.139. The van der Waals surface area contributed by atoms with Crippen molar-refractivity contribution in [2.24, 2.45) is 11.3 Å². The maximum Gasteiger partial charge on any atom is 0.346 e. The molecule has 1 amide bonds. The fraction of sp³-hybridized carbons (Fsp3) is 0.550. The standard InChI is InChI=1S/C20H26N4O2/c1-14(2)13-24-19(26)23-12-11-22(18(25)20(3)9-10-20)16(17(23)21-24)15-7-5-4-6-8-15/h4-8,14,16H,9-13H2,1-3H3. The Balaban J connectivity index is 1.81. The van der Waals surface area contributed by atoms with Crippen LogP contribution in [0.3, 0.4) is 0 Å². The van der Waals surface area contributed by atoms with Crippen LogP contribution in [-0.4, -0.2) is 31.7 Å². The highest BCUT2D eigenvalue weighted by molar-refractivity contribution is 5.85. The topological polar surface area (TPSA) is 60.1 Å². The zero-order valence-electron chi connectivity index (χ0n) is 15.7. The Kier molecular flexibility index (Phi) is 4.01. The first-order valence-corrected chi connectivity index (χ1v) is 9.44. The number of carbonyl (C=O) groups excluding carboxylic acids is 1. The third kappa shape index (κ3) is 2.77. The van der Waals surface area contributed by atoms with Gasteiger partial charge in [-0.15, -0.1) is 0 Å². The van der Waals surface area contributed by atoms with Gasteiger partial charge in [0, 0.05) is 25.0 Å². The van der Waals surface area contributed by atoms with Crippen molar-refractivity contribution < 1.29 is 4.79 Å². The monoisotopic (exact) mass is 354 g/mol. The van der Waals surface area contributed by atoms with Crippen molar-refractivity contribution in [2.75, 3.05) is 6.54 Å². The lowest BCUT2D eigenvalue weighted by Gasteiger charge is -2.37. The number of fused-ring (bicyclic) bond motifs is 1. The zero-order valence-corrected chi connectivity index (χ0v) is 15.7. The van der Waals surface area contributed by atoms with Crippen molar-refractivity contribution in [1.82, 2.24) is 19.2 Å². The van der Waals surface area contributed by atoms with Crippen LogP contribution in [0.25, 0.3) is 0 Å². The largest absolute Gasteiger partial charge is 0.346 e. The van der Waals surface area contributed by atoms with Gasteiger partial charge in [-0.25, -0.2) is 9.48 Å². The second kappa shape index (κ2) is 6.11. The maximum absolute atomic E-state index is 13.1. The van der Waals surface area contributed by atoms with E-state index >= 15 is 0 Å². The van der Waals surface area contributed by atoms with Gasteiger partial charge in [-0.2, -0.15) is 5.10 Å². The third-order valence-electron chi connectivity index (χ3n) is 5.50. The first-order chi connectivity index (χ1) is 12.4. The van der Waals surface area contributed by atoms with Crippen LogP contribution in [0.15, 0.2) is 35.1 Å². The van der Waals surface area contributed by atoms with E-state index in [0.29, 0.717) is 31.4 Å². The molecular formula is C20H26N4O2. The predicted molar refractivity (Wildman–Crippen MR) is 98.7 cm³/mol. The van der Waals surface area contributed by atoms with Crippen LogP contribution >= 0.6 is 0 Å². The van der Waals surface area contributed by atoms with Gasteiger partial charge in [-0.05, 0) is 24.3 Å². The molecule has 2 aromatic rings. The van der Waals surface area contributed by atoms with Crippen molar-refractivity contribution in [2.45, 2.75) is 52.7 Å². The first kappa shape index (κ1) is 17.1. The van der Waals surface area contributed by atoms with Gasteiger partial charge in [0.15, 0.2) is 5.82 Å². The van der Waals surface area contributed by atoms with Gasteiger partial charge in [-0.1, -0.05) is 51.1 Å². The summed E-state index contributed by atoms with van der Waals surface area (Å²) in [6, 6.07) is 9.64. The minimum Gasteiger partial charge on any atom is -0.326 e. The molecule has 2 heterocycles.